The van der Waals surface area contributed by atoms with E-state index in [-0.39, 0.29) is 0 Å². The van der Waals surface area contributed by atoms with Crippen LogP contribution in [0.3, 0.4) is 0 Å². The highest BCUT2D eigenvalue weighted by molar-refractivity contribution is 6.04. The van der Waals surface area contributed by atoms with Gasteiger partial charge in [-0.3, -0.25) is 4.98 Å². The first-order valence-corrected chi connectivity index (χ1v) is 6.52. The Balaban J connectivity index is 0.000000574. The van der Waals surface area contributed by atoms with Gasteiger partial charge in [0.25, 0.3) is 0 Å². The van der Waals surface area contributed by atoms with Crippen molar-refractivity contribution in [3.05, 3.63) is 42.4 Å². The lowest BCUT2D eigenvalue weighted by molar-refractivity contribution is 0.619. The topological polar surface area (TPSA) is 26.0 Å². The number of nitrogens with zero attached hydrogens (tertiary/aromatic N) is 1. The van der Waals surface area contributed by atoms with Gasteiger partial charge in [-0.05, 0) is 18.1 Å². The van der Waals surface area contributed by atoms with E-state index in [1.54, 1.807) is 6.26 Å². The van der Waals surface area contributed by atoms with E-state index in [4.69, 9.17) is 4.42 Å². The van der Waals surface area contributed by atoms with Gasteiger partial charge in [0.2, 0.25) is 0 Å². The summed E-state index contributed by atoms with van der Waals surface area (Å²) in [5.74, 6) is 0.427. The van der Waals surface area contributed by atoms with Crippen molar-refractivity contribution in [1.82, 2.24) is 4.98 Å². The molecule has 0 radical (unpaired) electrons. The molecule has 0 unspecified atom stereocenters. The number of aromatic nitrogens is 1. The summed E-state index contributed by atoms with van der Waals surface area (Å²) in [7, 11) is 0. The Morgan fingerprint density at radius 1 is 1.00 bits per heavy atom. The molecule has 0 bridgehead atoms. The average Bonchev–Trinajstić information content (AvgIpc) is 2.88. The van der Waals surface area contributed by atoms with Crippen LogP contribution in [0.1, 0.15) is 39.3 Å². The maximum atomic E-state index is 5.54. The highest BCUT2D eigenvalue weighted by Gasteiger charge is 2.09. The quantitative estimate of drug-likeness (QED) is 0.590. The lowest BCUT2D eigenvalue weighted by atomic mass is 10.0. The second kappa shape index (κ2) is 5.21. The summed E-state index contributed by atoms with van der Waals surface area (Å²) >= 11 is 0. The fourth-order valence-corrected chi connectivity index (χ4v) is 2.17. The maximum absolute atomic E-state index is 5.54. The summed E-state index contributed by atoms with van der Waals surface area (Å²) in [6, 6.07) is 8.24. The van der Waals surface area contributed by atoms with Gasteiger partial charge in [-0.25, -0.2) is 0 Å². The van der Waals surface area contributed by atoms with Crippen molar-refractivity contribution in [1.29, 1.82) is 0 Å². The van der Waals surface area contributed by atoms with Gasteiger partial charge < -0.3 is 4.42 Å². The molecule has 2 heterocycles. The summed E-state index contributed by atoms with van der Waals surface area (Å²) in [5, 5.41) is 3.49. The first-order chi connectivity index (χ1) is 8.77. The molecule has 3 aromatic rings. The van der Waals surface area contributed by atoms with Crippen molar-refractivity contribution in [2.75, 3.05) is 0 Å². The van der Waals surface area contributed by atoms with E-state index < -0.39 is 0 Å². The number of hydrogen-bond donors (Lipinski definition) is 0. The molecule has 0 saturated carbocycles. The fraction of sp³-hybridized carbons (Fsp3) is 0.312. The summed E-state index contributed by atoms with van der Waals surface area (Å²) in [6.45, 7) is 8.32. The van der Waals surface area contributed by atoms with Crippen molar-refractivity contribution in [2.24, 2.45) is 0 Å². The zero-order chi connectivity index (χ0) is 13.1. The Morgan fingerprint density at radius 2 is 1.78 bits per heavy atom. The van der Waals surface area contributed by atoms with Gasteiger partial charge in [-0.2, -0.15) is 0 Å². The summed E-state index contributed by atoms with van der Waals surface area (Å²) in [5.41, 5.74) is 2.10. The Morgan fingerprint density at radius 3 is 2.50 bits per heavy atom. The van der Waals surface area contributed by atoms with Gasteiger partial charge in [-0.15, -0.1) is 0 Å². The molecule has 2 heteroatoms. The molecule has 3 rings (SSSR count). The fourth-order valence-electron chi connectivity index (χ4n) is 2.17. The van der Waals surface area contributed by atoms with E-state index in [2.05, 4.69) is 31.0 Å². The van der Waals surface area contributed by atoms with Crippen molar-refractivity contribution >= 4 is 21.7 Å². The third-order valence-electron chi connectivity index (χ3n) is 2.94. The number of benzene rings is 1. The zero-order valence-electron chi connectivity index (χ0n) is 11.4. The molecular weight excluding hydrogens is 222 g/mol. The molecule has 0 aliphatic carbocycles. The van der Waals surface area contributed by atoms with Crippen LogP contribution in [0.15, 0.2) is 41.1 Å². The third kappa shape index (κ3) is 1.99. The minimum atomic E-state index is 0.427. The van der Waals surface area contributed by atoms with E-state index in [0.29, 0.717) is 5.92 Å². The Kier molecular flexibility index (Phi) is 3.66. The highest BCUT2D eigenvalue weighted by atomic mass is 16.3. The third-order valence-corrected chi connectivity index (χ3v) is 2.94. The van der Waals surface area contributed by atoms with Crippen molar-refractivity contribution in [2.45, 2.75) is 33.6 Å². The average molecular weight is 241 g/mol. The largest absolute Gasteiger partial charge is 0.464 e. The van der Waals surface area contributed by atoms with E-state index >= 15 is 0 Å². The second-order valence-corrected chi connectivity index (χ2v) is 4.35. The van der Waals surface area contributed by atoms with Crippen LogP contribution in [-0.4, -0.2) is 4.98 Å². The summed E-state index contributed by atoms with van der Waals surface area (Å²) in [6.07, 6.45) is 3.60. The molecule has 0 atom stereocenters. The maximum Gasteiger partial charge on any atom is 0.141 e. The van der Waals surface area contributed by atoms with Gasteiger partial charge in [0.1, 0.15) is 5.58 Å². The van der Waals surface area contributed by atoms with E-state index in [1.165, 1.54) is 5.39 Å². The molecule has 2 nitrogen and oxygen atoms in total. The molecule has 94 valence electrons. The SMILES string of the molecule is CC.CC(C)c1nccc2c1ccc1ccoc12. The van der Waals surface area contributed by atoms with E-state index in [9.17, 15) is 0 Å². The van der Waals surface area contributed by atoms with Crippen LogP contribution in [0.2, 0.25) is 0 Å². The summed E-state index contributed by atoms with van der Waals surface area (Å²) in [4.78, 5) is 4.46. The lowest BCUT2D eigenvalue weighted by Crippen LogP contribution is -1.93. The van der Waals surface area contributed by atoms with Gasteiger partial charge in [-0.1, -0.05) is 39.8 Å². The first-order valence-electron chi connectivity index (χ1n) is 6.52. The standard InChI is InChI=1S/C14H13NO.C2H6/c1-9(2)13-11-4-3-10-6-8-16-14(10)12(11)5-7-15-13;1-2/h3-9H,1-2H3;1-2H3. The van der Waals surface area contributed by atoms with E-state index in [1.807, 2.05) is 32.2 Å². The Bertz CT molecular complexity index is 652. The first kappa shape index (κ1) is 12.6. The predicted molar refractivity (Wildman–Crippen MR) is 77.0 cm³/mol. The molecule has 0 aliphatic heterocycles. The van der Waals surface area contributed by atoms with Crippen LogP contribution in [-0.2, 0) is 0 Å². The van der Waals surface area contributed by atoms with Crippen LogP contribution in [0.4, 0.5) is 0 Å². The Labute approximate surface area is 108 Å². The second-order valence-electron chi connectivity index (χ2n) is 4.35. The zero-order valence-corrected chi connectivity index (χ0v) is 11.4. The van der Waals surface area contributed by atoms with Gasteiger partial charge in [0.05, 0.1) is 12.0 Å². The predicted octanol–water partition coefficient (Wildman–Crippen LogP) is 5.13. The van der Waals surface area contributed by atoms with Crippen LogP contribution in [0.25, 0.3) is 21.7 Å². The number of furan rings is 1. The van der Waals surface area contributed by atoms with Crippen LogP contribution < -0.4 is 0 Å². The molecule has 2 aromatic heterocycles. The molecule has 0 fully saturated rings. The molecule has 0 N–H and O–H groups in total. The molecule has 0 amide bonds. The Hall–Kier alpha value is -1.83. The molecular formula is C16H19NO. The van der Waals surface area contributed by atoms with E-state index in [0.717, 1.165) is 22.0 Å². The smallest absolute Gasteiger partial charge is 0.141 e. The van der Waals surface area contributed by atoms with Crippen LogP contribution in [0, 0.1) is 0 Å². The van der Waals surface area contributed by atoms with Crippen LogP contribution >= 0.6 is 0 Å². The minimum absolute atomic E-state index is 0.427. The number of fused-ring (bicyclic) bond motifs is 3. The summed E-state index contributed by atoms with van der Waals surface area (Å²) < 4.78 is 5.54. The van der Waals surface area contributed by atoms with Crippen LogP contribution in [0.5, 0.6) is 0 Å². The van der Waals surface area contributed by atoms with Gasteiger partial charge >= 0.3 is 0 Å². The number of rotatable bonds is 1. The van der Waals surface area contributed by atoms with Crippen molar-refractivity contribution < 1.29 is 4.42 Å². The molecule has 0 spiro atoms. The number of pyridine rings is 1. The monoisotopic (exact) mass is 241 g/mol. The van der Waals surface area contributed by atoms with Gasteiger partial charge in [0, 0.05) is 22.4 Å². The molecule has 0 aliphatic rings. The highest BCUT2D eigenvalue weighted by Crippen LogP contribution is 2.29. The normalized spacial score (nSPS) is 10.7. The number of hydrogen-bond acceptors (Lipinski definition) is 2. The molecule has 18 heavy (non-hydrogen) atoms. The minimum Gasteiger partial charge on any atom is -0.464 e. The van der Waals surface area contributed by atoms with Crippen molar-refractivity contribution in [3.63, 3.8) is 0 Å². The molecule has 0 saturated heterocycles. The molecule has 1 aromatic carbocycles. The van der Waals surface area contributed by atoms with Gasteiger partial charge in [0.15, 0.2) is 0 Å². The lowest BCUT2D eigenvalue weighted by Gasteiger charge is -2.08. The van der Waals surface area contributed by atoms with Crippen molar-refractivity contribution in [3.8, 4) is 0 Å².